The Bertz CT molecular complexity index is 524. The maximum absolute atomic E-state index is 13.5. The molecule has 0 saturated carbocycles. The van der Waals surface area contributed by atoms with E-state index in [1.165, 1.54) is 6.07 Å². The molecule has 0 spiro atoms. The van der Waals surface area contributed by atoms with Crippen molar-refractivity contribution >= 4 is 11.0 Å². The smallest absolute Gasteiger partial charge is 0.151 e. The molecule has 4 nitrogen and oxygen atoms in total. The molecule has 0 saturated heterocycles. The van der Waals surface area contributed by atoms with E-state index in [2.05, 4.69) is 9.97 Å². The number of halogens is 1. The van der Waals surface area contributed by atoms with Gasteiger partial charge in [-0.05, 0) is 32.5 Å². The molecule has 0 aliphatic heterocycles. The van der Waals surface area contributed by atoms with Gasteiger partial charge in [-0.2, -0.15) is 0 Å². The Morgan fingerprint density at radius 3 is 2.94 bits per heavy atom. The minimum Gasteiger partial charge on any atom is -0.393 e. The summed E-state index contributed by atoms with van der Waals surface area (Å²) in [5, 5.41) is 9.22. The fourth-order valence-corrected chi connectivity index (χ4v) is 1.87. The third-order valence-corrected chi connectivity index (χ3v) is 2.86. The van der Waals surface area contributed by atoms with Crippen LogP contribution >= 0.6 is 0 Å². The van der Waals surface area contributed by atoms with Gasteiger partial charge in [0.15, 0.2) is 5.82 Å². The highest BCUT2D eigenvalue weighted by Gasteiger charge is 2.09. The Morgan fingerprint density at radius 1 is 1.50 bits per heavy atom. The van der Waals surface area contributed by atoms with Crippen molar-refractivity contribution in [1.29, 1.82) is 0 Å². The summed E-state index contributed by atoms with van der Waals surface area (Å²) in [5.74, 6) is 0.435. The monoisotopic (exact) mass is 251 g/mol. The number of imidazole rings is 1. The normalized spacial score (nSPS) is 13.4. The fraction of sp³-hybridized carbons (Fsp3) is 0.462. The van der Waals surface area contributed by atoms with Crippen LogP contribution < -0.4 is 0 Å². The molecule has 1 unspecified atom stereocenters. The molecule has 0 fully saturated rings. The third-order valence-electron chi connectivity index (χ3n) is 2.86. The van der Waals surface area contributed by atoms with Crippen molar-refractivity contribution in [3.8, 4) is 0 Å². The first-order valence-corrected chi connectivity index (χ1v) is 6.06. The maximum Gasteiger partial charge on any atom is 0.151 e. The Labute approximate surface area is 105 Å². The zero-order valence-electron chi connectivity index (χ0n) is 10.7. The van der Waals surface area contributed by atoms with Gasteiger partial charge in [0.05, 0.1) is 18.2 Å². The van der Waals surface area contributed by atoms with Crippen LogP contribution in [0.5, 0.6) is 0 Å². The standard InChI is InChI=1S/C13H18FN3O/c1-9(18)6-7-17(2)8-12-15-11-5-3-4-10(14)13(11)16-12/h3-5,9,18H,6-8H2,1-2H3,(H,15,16). The van der Waals surface area contributed by atoms with Crippen molar-refractivity contribution < 1.29 is 9.50 Å². The summed E-state index contributed by atoms with van der Waals surface area (Å²) in [6.07, 6.45) is 0.408. The van der Waals surface area contributed by atoms with Crippen LogP contribution in [0.4, 0.5) is 4.39 Å². The molecule has 0 aliphatic carbocycles. The number of para-hydroxylation sites is 1. The number of aliphatic hydroxyl groups is 1. The maximum atomic E-state index is 13.5. The van der Waals surface area contributed by atoms with E-state index in [4.69, 9.17) is 0 Å². The average Bonchev–Trinajstić information content (AvgIpc) is 2.70. The largest absolute Gasteiger partial charge is 0.393 e. The van der Waals surface area contributed by atoms with Gasteiger partial charge in [0.1, 0.15) is 11.3 Å². The Kier molecular flexibility index (Phi) is 3.93. The second kappa shape index (κ2) is 5.46. The lowest BCUT2D eigenvalue weighted by Crippen LogP contribution is -2.22. The summed E-state index contributed by atoms with van der Waals surface area (Å²) in [6.45, 7) is 3.16. The Balaban J connectivity index is 2.05. The number of hydrogen-bond acceptors (Lipinski definition) is 3. The summed E-state index contributed by atoms with van der Waals surface area (Å²) >= 11 is 0. The highest BCUT2D eigenvalue weighted by atomic mass is 19.1. The van der Waals surface area contributed by atoms with Gasteiger partial charge in [0, 0.05) is 6.54 Å². The fourth-order valence-electron chi connectivity index (χ4n) is 1.87. The van der Waals surface area contributed by atoms with Crippen molar-refractivity contribution in [2.75, 3.05) is 13.6 Å². The van der Waals surface area contributed by atoms with Crippen LogP contribution in [0.25, 0.3) is 11.0 Å². The van der Waals surface area contributed by atoms with Crippen LogP contribution in [-0.4, -0.2) is 39.7 Å². The number of nitrogens with zero attached hydrogens (tertiary/aromatic N) is 2. The molecule has 18 heavy (non-hydrogen) atoms. The zero-order chi connectivity index (χ0) is 13.1. The van der Waals surface area contributed by atoms with Crippen LogP contribution in [0.2, 0.25) is 0 Å². The van der Waals surface area contributed by atoms with Gasteiger partial charge < -0.3 is 10.1 Å². The van der Waals surface area contributed by atoms with Crippen molar-refractivity contribution in [2.24, 2.45) is 0 Å². The number of fused-ring (bicyclic) bond motifs is 1. The minimum atomic E-state index is -0.305. The molecule has 5 heteroatoms. The molecule has 2 rings (SSSR count). The van der Waals surface area contributed by atoms with Crippen LogP contribution in [0, 0.1) is 5.82 Å². The van der Waals surface area contributed by atoms with Gasteiger partial charge in [-0.3, -0.25) is 4.90 Å². The van der Waals surface area contributed by atoms with Crippen LogP contribution in [0.3, 0.4) is 0 Å². The predicted molar refractivity (Wildman–Crippen MR) is 68.7 cm³/mol. The van der Waals surface area contributed by atoms with E-state index in [-0.39, 0.29) is 11.9 Å². The SMILES string of the molecule is CC(O)CCN(C)Cc1nc2c(F)cccc2[nH]1. The number of rotatable bonds is 5. The lowest BCUT2D eigenvalue weighted by molar-refractivity contribution is 0.162. The molecule has 1 atom stereocenters. The molecule has 0 radical (unpaired) electrons. The van der Waals surface area contributed by atoms with E-state index in [0.29, 0.717) is 24.0 Å². The van der Waals surface area contributed by atoms with Crippen LogP contribution in [0.15, 0.2) is 18.2 Å². The van der Waals surface area contributed by atoms with Crippen molar-refractivity contribution in [1.82, 2.24) is 14.9 Å². The van der Waals surface area contributed by atoms with Gasteiger partial charge >= 0.3 is 0 Å². The van der Waals surface area contributed by atoms with Crippen molar-refractivity contribution in [2.45, 2.75) is 26.0 Å². The third kappa shape index (κ3) is 3.05. The average molecular weight is 251 g/mol. The number of aromatic amines is 1. The van der Waals surface area contributed by atoms with E-state index >= 15 is 0 Å². The summed E-state index contributed by atoms with van der Waals surface area (Å²) in [5.41, 5.74) is 1.10. The molecule has 2 N–H and O–H groups in total. The van der Waals surface area contributed by atoms with Gasteiger partial charge in [0.25, 0.3) is 0 Å². The van der Waals surface area contributed by atoms with Crippen molar-refractivity contribution in [3.63, 3.8) is 0 Å². The van der Waals surface area contributed by atoms with Crippen LogP contribution in [-0.2, 0) is 6.54 Å². The second-order valence-electron chi connectivity index (χ2n) is 4.69. The van der Waals surface area contributed by atoms with Gasteiger partial charge in [-0.1, -0.05) is 6.07 Å². The number of hydrogen-bond donors (Lipinski definition) is 2. The number of aliphatic hydroxyl groups excluding tert-OH is 1. The molecule has 1 aromatic heterocycles. The first kappa shape index (κ1) is 13.0. The summed E-state index contributed by atoms with van der Waals surface area (Å²) in [7, 11) is 1.95. The molecule has 2 aromatic rings. The van der Waals surface area contributed by atoms with E-state index < -0.39 is 0 Å². The predicted octanol–water partition coefficient (Wildman–Crippen LogP) is 1.90. The zero-order valence-corrected chi connectivity index (χ0v) is 10.7. The van der Waals surface area contributed by atoms with E-state index in [1.807, 2.05) is 18.0 Å². The lowest BCUT2D eigenvalue weighted by Gasteiger charge is -2.15. The Hall–Kier alpha value is -1.46. The quantitative estimate of drug-likeness (QED) is 0.853. The Morgan fingerprint density at radius 2 is 2.28 bits per heavy atom. The van der Waals surface area contributed by atoms with Gasteiger partial charge in [-0.15, -0.1) is 0 Å². The molecule has 1 aromatic carbocycles. The molecule has 98 valence electrons. The number of benzene rings is 1. The lowest BCUT2D eigenvalue weighted by atomic mass is 10.3. The van der Waals surface area contributed by atoms with Crippen LogP contribution in [0.1, 0.15) is 19.2 Å². The first-order chi connectivity index (χ1) is 8.56. The molecule has 0 amide bonds. The second-order valence-corrected chi connectivity index (χ2v) is 4.69. The highest BCUT2D eigenvalue weighted by molar-refractivity contribution is 5.75. The minimum absolute atomic E-state index is 0.304. The summed E-state index contributed by atoms with van der Waals surface area (Å²) < 4.78 is 13.5. The molecule has 0 aliphatic rings. The number of aromatic nitrogens is 2. The highest BCUT2D eigenvalue weighted by Crippen LogP contribution is 2.15. The van der Waals surface area contributed by atoms with E-state index in [1.54, 1.807) is 13.0 Å². The van der Waals surface area contributed by atoms with E-state index in [0.717, 1.165) is 12.4 Å². The summed E-state index contributed by atoms with van der Waals surface area (Å²) in [4.78, 5) is 9.39. The topological polar surface area (TPSA) is 52.1 Å². The van der Waals surface area contributed by atoms with E-state index in [9.17, 15) is 9.50 Å². The molecule has 1 heterocycles. The first-order valence-electron chi connectivity index (χ1n) is 6.06. The molecule has 0 bridgehead atoms. The van der Waals surface area contributed by atoms with Gasteiger partial charge in [0.2, 0.25) is 0 Å². The summed E-state index contributed by atoms with van der Waals surface area (Å²) in [6, 6.07) is 4.88. The van der Waals surface area contributed by atoms with Crippen molar-refractivity contribution in [3.05, 3.63) is 29.8 Å². The number of nitrogens with one attached hydrogen (secondary N) is 1. The van der Waals surface area contributed by atoms with Gasteiger partial charge in [-0.25, -0.2) is 9.37 Å². The number of H-pyrrole nitrogens is 1. The molecular weight excluding hydrogens is 233 g/mol. The molecular formula is C13H18FN3O.